The molecule has 1 atom stereocenters. The lowest BCUT2D eigenvalue weighted by Gasteiger charge is -2.15. The van der Waals surface area contributed by atoms with Gasteiger partial charge in [0.05, 0.1) is 0 Å². The molecule has 0 heterocycles. The van der Waals surface area contributed by atoms with Crippen molar-refractivity contribution in [3.63, 3.8) is 0 Å². The summed E-state index contributed by atoms with van der Waals surface area (Å²) in [4.78, 5) is 0. The third kappa shape index (κ3) is 2.76. The highest BCUT2D eigenvalue weighted by atomic mass is 79.9. The molecule has 0 amide bonds. The first kappa shape index (κ1) is 12.3. The molecule has 2 aromatic rings. The van der Waals surface area contributed by atoms with Gasteiger partial charge < -0.3 is 5.11 Å². The Hall–Kier alpha value is -1.12. The highest BCUT2D eigenvalue weighted by Gasteiger charge is 2.12. The first-order chi connectivity index (χ1) is 8.22. The molecule has 88 valence electrons. The van der Waals surface area contributed by atoms with Crippen LogP contribution in [0.15, 0.2) is 53.0 Å². The van der Waals surface area contributed by atoms with Crippen molar-refractivity contribution in [2.45, 2.75) is 19.4 Å². The topological polar surface area (TPSA) is 20.2 Å². The molecule has 2 heteroatoms. The summed E-state index contributed by atoms with van der Waals surface area (Å²) >= 11 is 3.40. The van der Waals surface area contributed by atoms with Gasteiger partial charge in [0.15, 0.2) is 0 Å². The summed E-state index contributed by atoms with van der Waals surface area (Å²) in [5.41, 5.74) is 3.12. The van der Waals surface area contributed by atoms with Crippen LogP contribution < -0.4 is 0 Å². The zero-order chi connectivity index (χ0) is 12.3. The van der Waals surface area contributed by atoms with Crippen LogP contribution in [0.5, 0.6) is 0 Å². The van der Waals surface area contributed by atoms with Gasteiger partial charge in [0.2, 0.25) is 0 Å². The van der Waals surface area contributed by atoms with Crippen LogP contribution in [-0.4, -0.2) is 5.11 Å². The van der Waals surface area contributed by atoms with Crippen molar-refractivity contribution in [3.8, 4) is 0 Å². The van der Waals surface area contributed by atoms with Crippen molar-refractivity contribution in [2.24, 2.45) is 0 Å². The lowest BCUT2D eigenvalue weighted by Crippen LogP contribution is -2.03. The fourth-order valence-electron chi connectivity index (χ4n) is 1.95. The number of aliphatic hydroxyl groups is 1. The number of hydrogen-bond donors (Lipinski definition) is 1. The SMILES string of the molecule is CCc1ccccc1C(O)c1ccc(Br)cc1. The Morgan fingerprint density at radius 1 is 1.06 bits per heavy atom. The van der Waals surface area contributed by atoms with E-state index in [4.69, 9.17) is 0 Å². The number of benzene rings is 2. The van der Waals surface area contributed by atoms with Crippen LogP contribution in [-0.2, 0) is 6.42 Å². The van der Waals surface area contributed by atoms with Crippen molar-refractivity contribution >= 4 is 15.9 Å². The average Bonchev–Trinajstić information content (AvgIpc) is 2.39. The summed E-state index contributed by atoms with van der Waals surface area (Å²) in [6.07, 6.45) is 0.392. The lowest BCUT2D eigenvalue weighted by atomic mass is 9.96. The van der Waals surface area contributed by atoms with Crippen LogP contribution in [0.3, 0.4) is 0 Å². The molecular weight excluding hydrogens is 276 g/mol. The van der Waals surface area contributed by atoms with E-state index in [1.54, 1.807) is 0 Å². The third-order valence-electron chi connectivity index (χ3n) is 2.92. The first-order valence-corrected chi connectivity index (χ1v) is 6.53. The van der Waals surface area contributed by atoms with Crippen molar-refractivity contribution in [1.82, 2.24) is 0 Å². The van der Waals surface area contributed by atoms with E-state index in [9.17, 15) is 5.11 Å². The minimum atomic E-state index is -0.542. The number of hydrogen-bond acceptors (Lipinski definition) is 1. The van der Waals surface area contributed by atoms with Crippen molar-refractivity contribution in [3.05, 3.63) is 69.7 Å². The Bertz CT molecular complexity index is 491. The molecule has 1 unspecified atom stereocenters. The molecule has 0 fully saturated rings. The van der Waals surface area contributed by atoms with Gasteiger partial charge in [0, 0.05) is 4.47 Å². The molecule has 2 rings (SSSR count). The van der Waals surface area contributed by atoms with Gasteiger partial charge in [0.1, 0.15) is 6.10 Å². The van der Waals surface area contributed by atoms with E-state index in [-0.39, 0.29) is 0 Å². The monoisotopic (exact) mass is 290 g/mol. The Kier molecular flexibility index (Phi) is 3.97. The Morgan fingerprint density at radius 3 is 2.35 bits per heavy atom. The fraction of sp³-hybridized carbons (Fsp3) is 0.200. The zero-order valence-corrected chi connectivity index (χ0v) is 11.3. The van der Waals surface area contributed by atoms with Crippen LogP contribution in [0.25, 0.3) is 0 Å². The van der Waals surface area contributed by atoms with Crippen molar-refractivity contribution in [1.29, 1.82) is 0 Å². The second-order valence-electron chi connectivity index (χ2n) is 4.01. The Labute approximate surface area is 110 Å². The third-order valence-corrected chi connectivity index (χ3v) is 3.44. The molecule has 0 radical (unpaired) electrons. The molecule has 0 aliphatic rings. The number of halogens is 1. The predicted molar refractivity (Wildman–Crippen MR) is 74.0 cm³/mol. The zero-order valence-electron chi connectivity index (χ0n) is 9.73. The summed E-state index contributed by atoms with van der Waals surface area (Å²) in [7, 11) is 0. The van der Waals surface area contributed by atoms with Gasteiger partial charge >= 0.3 is 0 Å². The van der Waals surface area contributed by atoms with E-state index in [0.29, 0.717) is 0 Å². The smallest absolute Gasteiger partial charge is 0.104 e. The second-order valence-corrected chi connectivity index (χ2v) is 4.92. The average molecular weight is 291 g/mol. The normalized spacial score (nSPS) is 12.4. The van der Waals surface area contributed by atoms with E-state index in [2.05, 4.69) is 28.9 Å². The molecule has 1 nitrogen and oxygen atoms in total. The molecule has 0 spiro atoms. The predicted octanol–water partition coefficient (Wildman–Crippen LogP) is 4.09. The summed E-state index contributed by atoms with van der Waals surface area (Å²) in [5, 5.41) is 10.4. The van der Waals surface area contributed by atoms with Crippen LogP contribution in [0.4, 0.5) is 0 Å². The summed E-state index contributed by atoms with van der Waals surface area (Å²) < 4.78 is 1.03. The van der Waals surface area contributed by atoms with Gasteiger partial charge in [-0.05, 0) is 35.2 Å². The van der Waals surface area contributed by atoms with Crippen molar-refractivity contribution < 1.29 is 5.11 Å². The van der Waals surface area contributed by atoms with Gasteiger partial charge in [-0.15, -0.1) is 0 Å². The molecule has 0 bridgehead atoms. The minimum Gasteiger partial charge on any atom is -0.384 e. The van der Waals surface area contributed by atoms with E-state index in [1.807, 2.05) is 42.5 Å². The lowest BCUT2D eigenvalue weighted by molar-refractivity contribution is 0.219. The maximum atomic E-state index is 10.4. The van der Waals surface area contributed by atoms with Crippen LogP contribution in [0.2, 0.25) is 0 Å². The number of aryl methyl sites for hydroxylation is 1. The molecule has 0 aromatic heterocycles. The highest BCUT2D eigenvalue weighted by Crippen LogP contribution is 2.26. The van der Waals surface area contributed by atoms with E-state index >= 15 is 0 Å². The molecule has 0 saturated heterocycles. The second kappa shape index (κ2) is 5.48. The maximum absolute atomic E-state index is 10.4. The van der Waals surface area contributed by atoms with Crippen LogP contribution >= 0.6 is 15.9 Å². The molecule has 0 aliphatic heterocycles. The van der Waals surface area contributed by atoms with E-state index in [0.717, 1.165) is 22.0 Å². The van der Waals surface area contributed by atoms with Gasteiger partial charge in [-0.25, -0.2) is 0 Å². The van der Waals surface area contributed by atoms with Crippen LogP contribution in [0.1, 0.15) is 29.7 Å². The van der Waals surface area contributed by atoms with Gasteiger partial charge in [-0.2, -0.15) is 0 Å². The standard InChI is InChI=1S/C15H15BrO/c1-2-11-5-3-4-6-14(11)15(17)12-7-9-13(16)10-8-12/h3-10,15,17H,2H2,1H3. The summed E-state index contributed by atoms with van der Waals surface area (Å²) in [5.74, 6) is 0. The van der Waals surface area contributed by atoms with Gasteiger partial charge in [-0.1, -0.05) is 59.3 Å². The van der Waals surface area contributed by atoms with E-state index in [1.165, 1.54) is 5.56 Å². The molecule has 2 aromatic carbocycles. The summed E-state index contributed by atoms with van der Waals surface area (Å²) in [6.45, 7) is 2.10. The van der Waals surface area contributed by atoms with Crippen molar-refractivity contribution in [2.75, 3.05) is 0 Å². The van der Waals surface area contributed by atoms with Crippen LogP contribution in [0, 0.1) is 0 Å². The molecule has 0 saturated carbocycles. The minimum absolute atomic E-state index is 0.542. The quantitative estimate of drug-likeness (QED) is 0.903. The highest BCUT2D eigenvalue weighted by molar-refractivity contribution is 9.10. The van der Waals surface area contributed by atoms with Gasteiger partial charge in [0.25, 0.3) is 0 Å². The summed E-state index contributed by atoms with van der Waals surface area (Å²) in [6, 6.07) is 15.8. The van der Waals surface area contributed by atoms with E-state index < -0.39 is 6.10 Å². The Balaban J connectivity index is 2.36. The number of rotatable bonds is 3. The number of aliphatic hydroxyl groups excluding tert-OH is 1. The molecule has 0 aliphatic carbocycles. The molecular formula is C15H15BrO. The maximum Gasteiger partial charge on any atom is 0.104 e. The first-order valence-electron chi connectivity index (χ1n) is 5.73. The van der Waals surface area contributed by atoms with Gasteiger partial charge in [-0.3, -0.25) is 0 Å². The largest absolute Gasteiger partial charge is 0.384 e. The Morgan fingerprint density at radius 2 is 1.71 bits per heavy atom. The molecule has 1 N–H and O–H groups in total. The fourth-order valence-corrected chi connectivity index (χ4v) is 2.21. The molecule has 17 heavy (non-hydrogen) atoms.